The lowest BCUT2D eigenvalue weighted by molar-refractivity contribution is -0.114. The molecule has 0 saturated heterocycles. The molecular formula is C31H27FN4O4. The van der Waals surface area contributed by atoms with Crippen LogP contribution in [-0.2, 0) is 4.79 Å². The standard InChI is InChI=1S/C31H27FN4O4/c1-17-6-12-26(19(3)14-17)34-28(37)25(29(38)35(31(34)40)27-13-7-18(2)15-20(27)4)16-24-21(5)33-36(30(24)39)23-10-8-22(32)9-11-23/h6-16,37H,1-5H3/b24-16-. The highest BCUT2D eigenvalue weighted by Gasteiger charge is 2.31. The number of carbonyl (C=O) groups excluding carboxylic acids is 1. The molecule has 1 aromatic heterocycles. The summed E-state index contributed by atoms with van der Waals surface area (Å²) in [5.74, 6) is -1.63. The summed E-state index contributed by atoms with van der Waals surface area (Å²) >= 11 is 0. The number of hydrazone groups is 1. The summed E-state index contributed by atoms with van der Waals surface area (Å²) in [6, 6.07) is 15.9. The first kappa shape index (κ1) is 26.6. The van der Waals surface area contributed by atoms with Gasteiger partial charge in [-0.15, -0.1) is 0 Å². The maximum Gasteiger partial charge on any atom is 0.343 e. The molecule has 8 nitrogen and oxygen atoms in total. The van der Waals surface area contributed by atoms with E-state index in [1.165, 1.54) is 30.3 Å². The molecule has 9 heteroatoms. The van der Waals surface area contributed by atoms with Crippen LogP contribution in [0.4, 0.5) is 10.1 Å². The zero-order chi connectivity index (χ0) is 28.9. The number of anilines is 1. The van der Waals surface area contributed by atoms with Gasteiger partial charge in [0.15, 0.2) is 0 Å². The average molecular weight is 539 g/mol. The van der Waals surface area contributed by atoms with E-state index in [0.29, 0.717) is 28.2 Å². The number of rotatable bonds is 4. The Morgan fingerprint density at radius 2 is 1.32 bits per heavy atom. The van der Waals surface area contributed by atoms with Gasteiger partial charge in [-0.3, -0.25) is 9.59 Å². The van der Waals surface area contributed by atoms with Crippen molar-refractivity contribution in [1.29, 1.82) is 0 Å². The van der Waals surface area contributed by atoms with Gasteiger partial charge in [0.2, 0.25) is 5.88 Å². The molecule has 1 N–H and O–H groups in total. The van der Waals surface area contributed by atoms with Crippen LogP contribution in [0.2, 0.25) is 0 Å². The summed E-state index contributed by atoms with van der Waals surface area (Å²) in [6.07, 6.45) is 1.25. The van der Waals surface area contributed by atoms with Crippen molar-refractivity contribution in [3.05, 3.63) is 121 Å². The third-order valence-electron chi connectivity index (χ3n) is 6.88. The van der Waals surface area contributed by atoms with Gasteiger partial charge in [-0.2, -0.15) is 10.1 Å². The van der Waals surface area contributed by atoms with Gasteiger partial charge < -0.3 is 5.11 Å². The van der Waals surface area contributed by atoms with Crippen LogP contribution < -0.4 is 16.3 Å². The first-order chi connectivity index (χ1) is 19.0. The number of nitrogens with zero attached hydrogens (tertiary/aromatic N) is 4. The molecule has 1 aliphatic rings. The number of hydrogen-bond acceptors (Lipinski definition) is 5. The van der Waals surface area contributed by atoms with Crippen molar-refractivity contribution in [1.82, 2.24) is 9.13 Å². The molecule has 40 heavy (non-hydrogen) atoms. The SMILES string of the molecule is CC1=NN(c2ccc(F)cc2)C(=O)/C1=C\c1c(O)n(-c2ccc(C)cc2C)c(=O)n(-c2ccc(C)cc2C)c1=O. The molecule has 1 amide bonds. The quantitative estimate of drug-likeness (QED) is 0.375. The lowest BCUT2D eigenvalue weighted by Gasteiger charge is -2.18. The van der Waals surface area contributed by atoms with Gasteiger partial charge in [-0.25, -0.2) is 18.3 Å². The predicted molar refractivity (Wildman–Crippen MR) is 153 cm³/mol. The second-order valence-corrected chi connectivity index (χ2v) is 9.91. The Kier molecular flexibility index (Phi) is 6.59. The minimum absolute atomic E-state index is 0.0507. The Labute approximate surface area is 229 Å². The fourth-order valence-corrected chi connectivity index (χ4v) is 4.87. The molecule has 0 fully saturated rings. The van der Waals surface area contributed by atoms with E-state index in [9.17, 15) is 23.9 Å². The fraction of sp³-hybridized carbons (Fsp3) is 0.161. The van der Waals surface area contributed by atoms with Gasteiger partial charge >= 0.3 is 5.69 Å². The molecule has 0 unspecified atom stereocenters. The van der Waals surface area contributed by atoms with E-state index in [4.69, 9.17) is 0 Å². The molecule has 0 aliphatic carbocycles. The minimum Gasteiger partial charge on any atom is -0.494 e. The van der Waals surface area contributed by atoms with Crippen LogP contribution in [-0.4, -0.2) is 25.9 Å². The second kappa shape index (κ2) is 9.92. The minimum atomic E-state index is -0.788. The van der Waals surface area contributed by atoms with E-state index < -0.39 is 28.9 Å². The molecular weight excluding hydrogens is 511 g/mol. The van der Waals surface area contributed by atoms with Crippen LogP contribution in [0.25, 0.3) is 17.5 Å². The molecule has 202 valence electrons. The average Bonchev–Trinajstić information content (AvgIpc) is 3.17. The van der Waals surface area contributed by atoms with Crippen LogP contribution >= 0.6 is 0 Å². The number of amides is 1. The van der Waals surface area contributed by atoms with Crippen LogP contribution in [0.3, 0.4) is 0 Å². The Bertz CT molecular complexity index is 1880. The molecule has 2 heterocycles. The smallest absolute Gasteiger partial charge is 0.343 e. The number of hydrogen-bond donors (Lipinski definition) is 1. The number of aryl methyl sites for hydroxylation is 4. The summed E-state index contributed by atoms with van der Waals surface area (Å²) in [5.41, 5.74) is 2.94. The van der Waals surface area contributed by atoms with Crippen LogP contribution in [0.1, 0.15) is 34.7 Å². The van der Waals surface area contributed by atoms with Crippen molar-refractivity contribution < 1.29 is 14.3 Å². The molecule has 0 spiro atoms. The van der Waals surface area contributed by atoms with E-state index in [0.717, 1.165) is 25.3 Å². The highest BCUT2D eigenvalue weighted by atomic mass is 19.1. The summed E-state index contributed by atoms with van der Waals surface area (Å²) in [5, 5.41) is 16.8. The molecule has 5 rings (SSSR count). The maximum atomic E-state index is 13.9. The molecule has 4 aromatic rings. The third-order valence-corrected chi connectivity index (χ3v) is 6.88. The Hall–Kier alpha value is -5.05. The normalized spacial score (nSPS) is 14.2. The fourth-order valence-electron chi connectivity index (χ4n) is 4.87. The van der Waals surface area contributed by atoms with Crippen LogP contribution in [0.15, 0.2) is 80.9 Å². The van der Waals surface area contributed by atoms with Gasteiger partial charge in [-0.05, 0) is 88.2 Å². The van der Waals surface area contributed by atoms with Crippen molar-refractivity contribution in [2.75, 3.05) is 5.01 Å². The van der Waals surface area contributed by atoms with E-state index in [1.54, 1.807) is 45.0 Å². The number of halogens is 1. The van der Waals surface area contributed by atoms with E-state index in [2.05, 4.69) is 5.10 Å². The molecule has 0 radical (unpaired) electrons. The van der Waals surface area contributed by atoms with Gasteiger partial charge in [-0.1, -0.05) is 35.4 Å². The van der Waals surface area contributed by atoms with Gasteiger partial charge in [0.1, 0.15) is 11.4 Å². The maximum absolute atomic E-state index is 13.9. The van der Waals surface area contributed by atoms with Gasteiger partial charge in [0.05, 0.1) is 28.3 Å². The highest BCUT2D eigenvalue weighted by molar-refractivity contribution is 6.32. The van der Waals surface area contributed by atoms with Crippen molar-refractivity contribution in [3.8, 4) is 17.3 Å². The summed E-state index contributed by atoms with van der Waals surface area (Å²) in [6.45, 7) is 9.00. The molecule has 0 bridgehead atoms. The molecule has 3 aromatic carbocycles. The lowest BCUT2D eigenvalue weighted by Crippen LogP contribution is -2.40. The Morgan fingerprint density at radius 1 is 0.775 bits per heavy atom. The van der Waals surface area contributed by atoms with Crippen molar-refractivity contribution in [3.63, 3.8) is 0 Å². The summed E-state index contributed by atoms with van der Waals surface area (Å²) in [7, 11) is 0. The Balaban J connectivity index is 1.79. The predicted octanol–water partition coefficient (Wildman–Crippen LogP) is 4.87. The first-order valence-corrected chi connectivity index (χ1v) is 12.6. The van der Waals surface area contributed by atoms with Crippen LogP contribution in [0.5, 0.6) is 5.88 Å². The number of benzene rings is 3. The third kappa shape index (κ3) is 4.45. The monoisotopic (exact) mass is 538 g/mol. The lowest BCUT2D eigenvalue weighted by atomic mass is 10.1. The molecule has 1 aliphatic heterocycles. The highest BCUT2D eigenvalue weighted by Crippen LogP contribution is 2.28. The Morgan fingerprint density at radius 3 is 1.88 bits per heavy atom. The molecule has 0 atom stereocenters. The van der Waals surface area contributed by atoms with Gasteiger partial charge in [0, 0.05) is 0 Å². The first-order valence-electron chi connectivity index (χ1n) is 12.6. The molecule has 0 saturated carbocycles. The van der Waals surface area contributed by atoms with E-state index in [-0.39, 0.29) is 16.8 Å². The second-order valence-electron chi connectivity index (χ2n) is 9.91. The largest absolute Gasteiger partial charge is 0.494 e. The van der Waals surface area contributed by atoms with Crippen molar-refractivity contribution in [2.45, 2.75) is 34.6 Å². The zero-order valence-electron chi connectivity index (χ0n) is 22.7. The van der Waals surface area contributed by atoms with E-state index >= 15 is 0 Å². The van der Waals surface area contributed by atoms with Crippen molar-refractivity contribution >= 4 is 23.4 Å². The summed E-state index contributed by atoms with van der Waals surface area (Å²) in [4.78, 5) is 41.2. The van der Waals surface area contributed by atoms with E-state index in [1.807, 2.05) is 26.0 Å². The van der Waals surface area contributed by atoms with Gasteiger partial charge in [0.25, 0.3) is 11.5 Å². The number of carbonyl (C=O) groups is 1. The number of aromatic nitrogens is 2. The summed E-state index contributed by atoms with van der Waals surface area (Å²) < 4.78 is 15.5. The van der Waals surface area contributed by atoms with Crippen LogP contribution in [0, 0.1) is 33.5 Å². The number of aromatic hydroxyl groups is 1. The topological polar surface area (TPSA) is 96.9 Å². The zero-order valence-corrected chi connectivity index (χ0v) is 22.7. The van der Waals surface area contributed by atoms with Crippen molar-refractivity contribution in [2.24, 2.45) is 5.10 Å².